The fraction of sp³-hybridized carbons (Fsp3) is 0.800. The number of hydrogen-bond donors (Lipinski definition) is 3. The highest BCUT2D eigenvalue weighted by atomic mass is 16.6. The molecule has 0 aliphatic rings. The fourth-order valence-electron chi connectivity index (χ4n) is 0.912. The second-order valence-electron chi connectivity index (χ2n) is 4.43. The lowest BCUT2D eigenvalue weighted by Crippen LogP contribution is -2.40. The van der Waals surface area contributed by atoms with E-state index in [4.69, 9.17) is 10.6 Å². The number of nitrogens with two attached hydrogens (primary N) is 1. The Morgan fingerprint density at radius 2 is 1.88 bits per heavy atom. The molecule has 100 valence electrons. The first kappa shape index (κ1) is 15.7. The van der Waals surface area contributed by atoms with Crippen LogP contribution in [0.2, 0.25) is 0 Å². The van der Waals surface area contributed by atoms with Crippen molar-refractivity contribution in [2.24, 2.45) is 5.90 Å². The van der Waals surface area contributed by atoms with Gasteiger partial charge >= 0.3 is 6.09 Å². The second kappa shape index (κ2) is 7.86. The highest BCUT2D eigenvalue weighted by Gasteiger charge is 2.16. The molecule has 0 aromatic rings. The van der Waals surface area contributed by atoms with E-state index in [1.54, 1.807) is 20.8 Å². The summed E-state index contributed by atoms with van der Waals surface area (Å²) in [6, 6.07) is 0. The maximum absolute atomic E-state index is 11.2. The zero-order valence-electron chi connectivity index (χ0n) is 10.5. The van der Waals surface area contributed by atoms with Gasteiger partial charge in [-0.15, -0.1) is 0 Å². The number of carbonyl (C=O) groups excluding carboxylic acids is 2. The Labute approximate surface area is 101 Å². The Morgan fingerprint density at radius 3 is 2.41 bits per heavy atom. The van der Waals surface area contributed by atoms with Crippen LogP contribution >= 0.6 is 0 Å². The van der Waals surface area contributed by atoms with E-state index in [-0.39, 0.29) is 12.5 Å². The third-order valence-electron chi connectivity index (χ3n) is 1.55. The van der Waals surface area contributed by atoms with E-state index in [9.17, 15) is 9.59 Å². The van der Waals surface area contributed by atoms with Crippen LogP contribution in [0.5, 0.6) is 0 Å². The Hall–Kier alpha value is -1.34. The molecule has 0 saturated carbocycles. The van der Waals surface area contributed by atoms with E-state index in [1.165, 1.54) is 0 Å². The molecular weight excluding hydrogens is 226 g/mol. The molecule has 0 heterocycles. The lowest BCUT2D eigenvalue weighted by atomic mass is 10.2. The molecule has 0 unspecified atom stereocenters. The van der Waals surface area contributed by atoms with Gasteiger partial charge in [-0.25, -0.2) is 10.7 Å². The van der Waals surface area contributed by atoms with Crippen LogP contribution in [-0.4, -0.2) is 37.3 Å². The summed E-state index contributed by atoms with van der Waals surface area (Å²) >= 11 is 0. The van der Waals surface area contributed by atoms with Gasteiger partial charge in [-0.2, -0.15) is 0 Å². The van der Waals surface area contributed by atoms with E-state index in [0.717, 1.165) is 0 Å². The van der Waals surface area contributed by atoms with Gasteiger partial charge in [0.05, 0.1) is 13.2 Å². The Kier molecular flexibility index (Phi) is 7.24. The van der Waals surface area contributed by atoms with Gasteiger partial charge in [0.25, 0.3) is 0 Å². The lowest BCUT2D eigenvalue weighted by Gasteiger charge is -2.19. The molecule has 0 rings (SSSR count). The molecular formula is C10H21N3O4. The smallest absolute Gasteiger partial charge is 0.408 e. The van der Waals surface area contributed by atoms with Crippen molar-refractivity contribution in [2.75, 3.05) is 19.7 Å². The summed E-state index contributed by atoms with van der Waals surface area (Å²) in [5, 5.41) is 4.94. The summed E-state index contributed by atoms with van der Waals surface area (Å²) in [6.07, 6.45) is 0.00670. The van der Waals surface area contributed by atoms with Gasteiger partial charge in [-0.3, -0.25) is 4.79 Å². The van der Waals surface area contributed by atoms with Crippen LogP contribution in [0.25, 0.3) is 0 Å². The summed E-state index contributed by atoms with van der Waals surface area (Å²) in [7, 11) is 0. The number of ether oxygens (including phenoxy) is 1. The summed E-state index contributed by atoms with van der Waals surface area (Å²) < 4.78 is 4.96. The number of nitrogens with one attached hydrogen (secondary N) is 2. The summed E-state index contributed by atoms with van der Waals surface area (Å²) in [4.78, 5) is 26.7. The minimum atomic E-state index is -0.613. The number of amides is 2. The zero-order chi connectivity index (χ0) is 13.3. The molecule has 4 N–H and O–H groups in total. The number of hydrogen-bond acceptors (Lipinski definition) is 5. The molecule has 17 heavy (non-hydrogen) atoms. The van der Waals surface area contributed by atoms with Gasteiger partial charge in [0.2, 0.25) is 5.91 Å². The third-order valence-corrected chi connectivity index (χ3v) is 1.55. The molecule has 0 saturated heterocycles. The van der Waals surface area contributed by atoms with E-state index in [1.807, 2.05) is 0 Å². The first-order valence-electron chi connectivity index (χ1n) is 5.40. The molecule has 2 amide bonds. The van der Waals surface area contributed by atoms with Crippen LogP contribution in [0.4, 0.5) is 4.79 Å². The van der Waals surface area contributed by atoms with Crippen LogP contribution in [-0.2, 0) is 14.4 Å². The van der Waals surface area contributed by atoms with E-state index >= 15 is 0 Å². The van der Waals surface area contributed by atoms with Crippen molar-refractivity contribution in [1.82, 2.24) is 10.6 Å². The summed E-state index contributed by atoms with van der Waals surface area (Å²) in [5.41, 5.74) is -0.570. The third kappa shape index (κ3) is 10.9. The first-order chi connectivity index (χ1) is 7.85. The van der Waals surface area contributed by atoms with Crippen molar-refractivity contribution >= 4 is 12.0 Å². The largest absolute Gasteiger partial charge is 0.444 e. The quantitative estimate of drug-likeness (QED) is 0.449. The fourth-order valence-corrected chi connectivity index (χ4v) is 0.912. The van der Waals surface area contributed by atoms with Crippen molar-refractivity contribution in [1.29, 1.82) is 0 Å². The van der Waals surface area contributed by atoms with E-state index < -0.39 is 11.7 Å². The Bertz CT molecular complexity index is 250. The average Bonchev–Trinajstić information content (AvgIpc) is 2.19. The molecule has 0 aliphatic heterocycles. The van der Waals surface area contributed by atoms with Crippen LogP contribution in [0.1, 0.15) is 27.2 Å². The topological polar surface area (TPSA) is 103 Å². The summed E-state index contributed by atoms with van der Waals surface area (Å²) in [5.74, 6) is 4.53. The van der Waals surface area contributed by atoms with Gasteiger partial charge in [-0.1, -0.05) is 0 Å². The van der Waals surface area contributed by atoms with Crippen LogP contribution in [0.15, 0.2) is 0 Å². The molecule has 0 atom stereocenters. The van der Waals surface area contributed by atoms with Gasteiger partial charge in [0, 0.05) is 6.54 Å². The minimum absolute atomic E-state index is 0.113. The van der Waals surface area contributed by atoms with E-state index in [0.29, 0.717) is 19.6 Å². The standard InChI is InChI=1S/C10H21N3O4/c1-10(2,3)17-9(15)13-7-8(14)12-5-4-6-16-11/h4-7,11H2,1-3H3,(H,12,14)(H,13,15). The lowest BCUT2D eigenvalue weighted by molar-refractivity contribution is -0.120. The molecule has 0 spiro atoms. The number of alkyl carbamates (subject to hydrolysis) is 1. The molecule has 7 heteroatoms. The van der Waals surface area contributed by atoms with Crippen LogP contribution in [0, 0.1) is 0 Å². The molecule has 0 aromatic heterocycles. The first-order valence-corrected chi connectivity index (χ1v) is 5.40. The molecule has 7 nitrogen and oxygen atoms in total. The molecule has 0 bridgehead atoms. The van der Waals surface area contributed by atoms with Gasteiger partial charge < -0.3 is 20.2 Å². The van der Waals surface area contributed by atoms with Gasteiger partial charge in [-0.05, 0) is 27.2 Å². The molecule has 0 aliphatic carbocycles. The van der Waals surface area contributed by atoms with Crippen molar-refractivity contribution in [3.63, 3.8) is 0 Å². The van der Waals surface area contributed by atoms with E-state index in [2.05, 4.69) is 15.5 Å². The van der Waals surface area contributed by atoms with Crippen LogP contribution < -0.4 is 16.5 Å². The van der Waals surface area contributed by atoms with Crippen molar-refractivity contribution in [2.45, 2.75) is 32.8 Å². The normalized spacial score (nSPS) is 10.8. The monoisotopic (exact) mass is 247 g/mol. The van der Waals surface area contributed by atoms with Crippen LogP contribution in [0.3, 0.4) is 0 Å². The average molecular weight is 247 g/mol. The maximum atomic E-state index is 11.2. The zero-order valence-corrected chi connectivity index (χ0v) is 10.5. The number of carbonyl (C=O) groups is 2. The minimum Gasteiger partial charge on any atom is -0.444 e. The van der Waals surface area contributed by atoms with Crippen molar-refractivity contribution in [3.8, 4) is 0 Å². The number of rotatable bonds is 6. The Morgan fingerprint density at radius 1 is 1.24 bits per heavy atom. The van der Waals surface area contributed by atoms with Crippen molar-refractivity contribution < 1.29 is 19.2 Å². The van der Waals surface area contributed by atoms with Gasteiger partial charge in [0.15, 0.2) is 0 Å². The SMILES string of the molecule is CC(C)(C)OC(=O)NCC(=O)NCCCON. The van der Waals surface area contributed by atoms with Crippen molar-refractivity contribution in [3.05, 3.63) is 0 Å². The molecule has 0 aromatic carbocycles. The molecule has 0 fully saturated rings. The Balaban J connectivity index is 3.59. The predicted octanol–water partition coefficient (Wildman–Crippen LogP) is -0.0923. The second-order valence-corrected chi connectivity index (χ2v) is 4.43. The predicted molar refractivity (Wildman–Crippen MR) is 62.0 cm³/mol. The highest BCUT2D eigenvalue weighted by molar-refractivity contribution is 5.82. The highest BCUT2D eigenvalue weighted by Crippen LogP contribution is 2.05. The summed E-state index contributed by atoms with van der Waals surface area (Å²) in [6.45, 7) is 5.96. The van der Waals surface area contributed by atoms with Gasteiger partial charge in [0.1, 0.15) is 5.60 Å². The molecule has 0 radical (unpaired) electrons. The maximum Gasteiger partial charge on any atom is 0.408 e.